The Morgan fingerprint density at radius 2 is 1.69 bits per heavy atom. The summed E-state index contributed by atoms with van der Waals surface area (Å²) in [6, 6.07) is 16.9. The van der Waals surface area contributed by atoms with E-state index in [4.69, 9.17) is 27.9 Å². The average molecular weight is 668 g/mol. The number of aromatic nitrogens is 4. The van der Waals surface area contributed by atoms with Gasteiger partial charge in [-0.1, -0.05) is 73.6 Å². The molecule has 0 radical (unpaired) electrons. The molecule has 0 saturated carbocycles. The van der Waals surface area contributed by atoms with Crippen molar-refractivity contribution in [3.63, 3.8) is 0 Å². The summed E-state index contributed by atoms with van der Waals surface area (Å²) in [7, 11) is 0. The highest BCUT2D eigenvalue weighted by molar-refractivity contribution is 7.99. The van der Waals surface area contributed by atoms with Crippen molar-refractivity contribution >= 4 is 58.2 Å². The number of amides is 2. The van der Waals surface area contributed by atoms with E-state index in [0.717, 1.165) is 17.3 Å². The fraction of sp³-hybridized carbons (Fsp3) is 0.281. The monoisotopic (exact) mass is 666 g/mol. The number of hydrogen-bond acceptors (Lipinski definition) is 8. The maximum absolute atomic E-state index is 12.7. The van der Waals surface area contributed by atoms with Gasteiger partial charge in [-0.25, -0.2) is 0 Å². The van der Waals surface area contributed by atoms with Gasteiger partial charge in [0.15, 0.2) is 0 Å². The third-order valence-electron chi connectivity index (χ3n) is 6.28. The molecule has 234 valence electrons. The number of rotatable bonds is 9. The summed E-state index contributed by atoms with van der Waals surface area (Å²) >= 11 is 14.1. The first kappa shape index (κ1) is 33.8. The van der Waals surface area contributed by atoms with Crippen LogP contribution in [0.15, 0.2) is 65.8 Å². The Morgan fingerprint density at radius 1 is 0.956 bits per heavy atom. The Balaban J connectivity index is 1.31. The molecule has 0 aliphatic carbocycles. The third-order valence-corrected chi connectivity index (χ3v) is 7.82. The fourth-order valence-corrected chi connectivity index (χ4v) is 4.99. The normalized spacial score (nSPS) is 11.4. The Hall–Kier alpha value is -4.08. The number of halogens is 2. The van der Waals surface area contributed by atoms with Gasteiger partial charge in [0, 0.05) is 11.3 Å². The van der Waals surface area contributed by atoms with Crippen LogP contribution in [0, 0.1) is 11.8 Å². The molecule has 2 amide bonds. The van der Waals surface area contributed by atoms with E-state index < -0.39 is 5.60 Å². The van der Waals surface area contributed by atoms with Crippen LogP contribution in [0.4, 0.5) is 11.4 Å². The highest BCUT2D eigenvalue weighted by Crippen LogP contribution is 2.30. The molecule has 0 saturated heterocycles. The molecule has 1 aromatic heterocycles. The van der Waals surface area contributed by atoms with E-state index in [1.165, 1.54) is 16.8 Å². The molecule has 13 heteroatoms. The SMILES string of the molecule is CC(C)(C#Cc1ccc(NC(=O)CSc2nnnn2-c2ccc(C(C)(C)C)cc2Cl)c(Cl)c1)OCC(=O)Nc1ccc(O)cc1. The number of nitrogens with one attached hydrogen (secondary N) is 2. The molecule has 4 rings (SSSR count). The lowest BCUT2D eigenvalue weighted by Gasteiger charge is -2.20. The maximum Gasteiger partial charge on any atom is 0.250 e. The molecule has 0 aliphatic heterocycles. The van der Waals surface area contributed by atoms with E-state index in [0.29, 0.717) is 37.8 Å². The summed E-state index contributed by atoms with van der Waals surface area (Å²) in [5.74, 6) is 5.47. The van der Waals surface area contributed by atoms with Crippen LogP contribution >= 0.6 is 35.0 Å². The van der Waals surface area contributed by atoms with Gasteiger partial charge in [-0.15, -0.1) is 5.10 Å². The molecule has 0 bridgehead atoms. The van der Waals surface area contributed by atoms with Gasteiger partial charge >= 0.3 is 0 Å². The second kappa shape index (κ2) is 14.3. The Bertz CT molecular complexity index is 1760. The molecule has 45 heavy (non-hydrogen) atoms. The van der Waals surface area contributed by atoms with Gasteiger partial charge < -0.3 is 20.5 Å². The largest absolute Gasteiger partial charge is 0.508 e. The van der Waals surface area contributed by atoms with Crippen LogP contribution in [0.5, 0.6) is 5.75 Å². The highest BCUT2D eigenvalue weighted by atomic mass is 35.5. The van der Waals surface area contributed by atoms with E-state index in [9.17, 15) is 14.7 Å². The van der Waals surface area contributed by atoms with Gasteiger partial charge in [0.2, 0.25) is 17.0 Å². The van der Waals surface area contributed by atoms with Gasteiger partial charge in [0.1, 0.15) is 18.0 Å². The third kappa shape index (κ3) is 9.70. The molecule has 1 heterocycles. The van der Waals surface area contributed by atoms with Crippen LogP contribution in [0.25, 0.3) is 5.69 Å². The van der Waals surface area contributed by atoms with Crippen LogP contribution in [0.2, 0.25) is 10.0 Å². The van der Waals surface area contributed by atoms with Crippen LogP contribution in [0.1, 0.15) is 45.7 Å². The number of nitrogens with zero attached hydrogens (tertiary/aromatic N) is 4. The zero-order valence-electron chi connectivity index (χ0n) is 25.3. The van der Waals surface area contributed by atoms with Crippen molar-refractivity contribution in [3.8, 4) is 23.3 Å². The lowest BCUT2D eigenvalue weighted by atomic mass is 9.87. The van der Waals surface area contributed by atoms with Crippen LogP contribution in [-0.2, 0) is 19.7 Å². The predicted molar refractivity (Wildman–Crippen MR) is 177 cm³/mol. The van der Waals surface area contributed by atoms with Crippen LogP contribution in [0.3, 0.4) is 0 Å². The molecule has 3 aromatic carbocycles. The molecule has 3 N–H and O–H groups in total. The average Bonchev–Trinajstić information content (AvgIpc) is 3.44. The number of phenolic OH excluding ortho intramolecular Hbond substituents is 1. The summed E-state index contributed by atoms with van der Waals surface area (Å²) in [5, 5.41) is 27.9. The van der Waals surface area contributed by atoms with Crippen molar-refractivity contribution in [3.05, 3.63) is 81.8 Å². The second-order valence-corrected chi connectivity index (χ2v) is 13.2. The maximum atomic E-state index is 12.7. The zero-order chi connectivity index (χ0) is 32.8. The van der Waals surface area contributed by atoms with Gasteiger partial charge in [0.05, 0.1) is 27.2 Å². The summed E-state index contributed by atoms with van der Waals surface area (Å²) < 4.78 is 7.18. The number of anilines is 2. The van der Waals surface area contributed by atoms with E-state index in [1.54, 1.807) is 44.2 Å². The van der Waals surface area contributed by atoms with Crippen molar-refractivity contribution in [1.82, 2.24) is 20.2 Å². The number of carbonyl (C=O) groups is 2. The van der Waals surface area contributed by atoms with Gasteiger partial charge in [0.25, 0.3) is 0 Å². The van der Waals surface area contributed by atoms with Gasteiger partial charge in [-0.2, -0.15) is 4.68 Å². The van der Waals surface area contributed by atoms with Gasteiger partial charge in [-0.05, 0) is 89.8 Å². The number of ether oxygens (including phenoxy) is 1. The summed E-state index contributed by atoms with van der Waals surface area (Å²) in [6.07, 6.45) is 0. The summed E-state index contributed by atoms with van der Waals surface area (Å²) in [6.45, 7) is 9.58. The molecular formula is C32H32Cl2N6O4S. The zero-order valence-corrected chi connectivity index (χ0v) is 27.6. The number of benzene rings is 3. The van der Waals surface area contributed by atoms with Crippen LogP contribution < -0.4 is 10.6 Å². The number of tetrazole rings is 1. The Morgan fingerprint density at radius 3 is 2.36 bits per heavy atom. The lowest BCUT2D eigenvalue weighted by Crippen LogP contribution is -2.28. The van der Waals surface area contributed by atoms with Crippen molar-refractivity contribution in [2.75, 3.05) is 23.0 Å². The Labute approximate surface area is 275 Å². The molecule has 0 aliphatic rings. The highest BCUT2D eigenvalue weighted by Gasteiger charge is 2.19. The lowest BCUT2D eigenvalue weighted by molar-refractivity contribution is -0.123. The number of aromatic hydroxyl groups is 1. The van der Waals surface area contributed by atoms with Crippen LogP contribution in [-0.4, -0.2) is 55.1 Å². The smallest absolute Gasteiger partial charge is 0.250 e. The first-order valence-corrected chi connectivity index (χ1v) is 15.5. The second-order valence-electron chi connectivity index (χ2n) is 11.5. The Kier molecular flexibility index (Phi) is 10.8. The fourth-order valence-electron chi connectivity index (χ4n) is 3.82. The van der Waals surface area contributed by atoms with E-state index in [-0.39, 0.29) is 35.3 Å². The predicted octanol–water partition coefficient (Wildman–Crippen LogP) is 6.49. The van der Waals surface area contributed by atoms with Crippen molar-refractivity contribution in [2.24, 2.45) is 0 Å². The summed E-state index contributed by atoms with van der Waals surface area (Å²) in [4.78, 5) is 25.0. The molecule has 10 nitrogen and oxygen atoms in total. The number of thioether (sulfide) groups is 1. The minimum Gasteiger partial charge on any atom is -0.508 e. The number of phenols is 1. The van der Waals surface area contributed by atoms with Crippen molar-refractivity contribution in [1.29, 1.82) is 0 Å². The van der Waals surface area contributed by atoms with Crippen molar-refractivity contribution < 1.29 is 19.4 Å². The minimum atomic E-state index is -0.933. The van der Waals surface area contributed by atoms with Gasteiger partial charge in [-0.3, -0.25) is 9.59 Å². The molecule has 0 spiro atoms. The number of hydrogen-bond donors (Lipinski definition) is 3. The van der Waals surface area contributed by atoms with E-state index in [2.05, 4.69) is 58.8 Å². The molecule has 4 aromatic rings. The van der Waals surface area contributed by atoms with E-state index in [1.807, 2.05) is 18.2 Å². The quantitative estimate of drug-likeness (QED) is 0.105. The molecular weight excluding hydrogens is 635 g/mol. The first-order valence-electron chi connectivity index (χ1n) is 13.8. The summed E-state index contributed by atoms with van der Waals surface area (Å²) in [5.41, 5.74) is 2.26. The molecule has 0 atom stereocenters. The first-order chi connectivity index (χ1) is 21.2. The number of carbonyl (C=O) groups excluding carboxylic acids is 2. The van der Waals surface area contributed by atoms with E-state index >= 15 is 0 Å². The standard InChI is InChI=1S/C32H32Cl2N6O4S/c1-31(2,3)21-7-13-27(25(34)17-21)40-30(37-38-39-40)45-19-29(43)36-26-12-6-20(16-24(26)33)14-15-32(4,5)44-18-28(42)35-22-8-10-23(41)11-9-22/h6-13,16-17,41H,18-19H2,1-5H3,(H,35,42)(H,36,43). The van der Waals surface area contributed by atoms with Crippen molar-refractivity contribution in [2.45, 2.75) is 50.8 Å². The molecule has 0 unspecified atom stereocenters. The topological polar surface area (TPSA) is 131 Å². The molecule has 0 fully saturated rings. The minimum absolute atomic E-state index is 0.0296.